The van der Waals surface area contributed by atoms with E-state index >= 15 is 0 Å². The summed E-state index contributed by atoms with van der Waals surface area (Å²) in [5, 5.41) is 11.6. The number of nitrogens with zero attached hydrogens (tertiary/aromatic N) is 1. The van der Waals surface area contributed by atoms with E-state index in [1.54, 1.807) is 6.07 Å². The zero-order valence-corrected chi connectivity index (χ0v) is 11.4. The molecule has 8 nitrogen and oxygen atoms in total. The first-order valence-corrected chi connectivity index (χ1v) is 6.38. The van der Waals surface area contributed by atoms with Gasteiger partial charge in [-0.1, -0.05) is 0 Å². The van der Waals surface area contributed by atoms with Gasteiger partial charge in [0.2, 0.25) is 5.91 Å². The Morgan fingerprint density at radius 2 is 2.19 bits per heavy atom. The van der Waals surface area contributed by atoms with Crippen LogP contribution in [0.25, 0.3) is 0 Å². The third kappa shape index (κ3) is 3.60. The standard InChI is InChI=1S/C13H16N2O6/c1-15(12(17)10-3-2-4-21-10)5-11(16)14-9-7-20-6-8(9)13(18)19/h2-4,8-9H,5-7H2,1H3,(H,14,16)(H,18,19). The van der Waals surface area contributed by atoms with Crippen molar-refractivity contribution < 1.29 is 28.6 Å². The van der Waals surface area contributed by atoms with Crippen molar-refractivity contribution in [2.45, 2.75) is 6.04 Å². The molecule has 2 atom stereocenters. The van der Waals surface area contributed by atoms with Gasteiger partial charge in [0.15, 0.2) is 5.76 Å². The summed E-state index contributed by atoms with van der Waals surface area (Å²) in [6.07, 6.45) is 1.37. The van der Waals surface area contributed by atoms with Crippen molar-refractivity contribution in [1.82, 2.24) is 10.2 Å². The van der Waals surface area contributed by atoms with Gasteiger partial charge in [-0.05, 0) is 12.1 Å². The van der Waals surface area contributed by atoms with Crippen LogP contribution < -0.4 is 5.32 Å². The van der Waals surface area contributed by atoms with Gasteiger partial charge in [-0.15, -0.1) is 0 Å². The number of carbonyl (C=O) groups excluding carboxylic acids is 2. The van der Waals surface area contributed by atoms with Crippen LogP contribution in [-0.2, 0) is 14.3 Å². The van der Waals surface area contributed by atoms with Crippen LogP contribution in [0, 0.1) is 5.92 Å². The number of hydrogen-bond donors (Lipinski definition) is 2. The molecule has 1 fully saturated rings. The van der Waals surface area contributed by atoms with Crippen LogP contribution in [0.5, 0.6) is 0 Å². The fourth-order valence-electron chi connectivity index (χ4n) is 2.07. The molecule has 1 aliphatic heterocycles. The Bertz CT molecular complexity index is 527. The number of amides is 2. The predicted molar refractivity (Wildman–Crippen MR) is 69.5 cm³/mol. The number of hydrogen-bond acceptors (Lipinski definition) is 5. The molecule has 1 aromatic heterocycles. The van der Waals surface area contributed by atoms with Crippen LogP contribution in [-0.4, -0.2) is 60.6 Å². The quantitative estimate of drug-likeness (QED) is 0.763. The molecule has 0 aliphatic carbocycles. The summed E-state index contributed by atoms with van der Waals surface area (Å²) in [6, 6.07) is 2.50. The second kappa shape index (κ2) is 6.40. The van der Waals surface area contributed by atoms with Gasteiger partial charge in [-0.3, -0.25) is 14.4 Å². The average molecular weight is 296 g/mol. The van der Waals surface area contributed by atoms with E-state index < -0.39 is 29.7 Å². The SMILES string of the molecule is CN(CC(=O)NC1COCC1C(=O)O)C(=O)c1ccco1. The summed E-state index contributed by atoms with van der Waals surface area (Å²) in [4.78, 5) is 35.9. The number of furan rings is 1. The lowest BCUT2D eigenvalue weighted by molar-refractivity contribution is -0.142. The van der Waals surface area contributed by atoms with E-state index in [9.17, 15) is 14.4 Å². The van der Waals surface area contributed by atoms with E-state index in [-0.39, 0.29) is 25.5 Å². The highest BCUT2D eigenvalue weighted by Crippen LogP contribution is 2.13. The molecule has 1 aliphatic rings. The van der Waals surface area contributed by atoms with Crippen LogP contribution in [0.1, 0.15) is 10.6 Å². The lowest BCUT2D eigenvalue weighted by Crippen LogP contribution is -2.47. The summed E-state index contributed by atoms with van der Waals surface area (Å²) in [7, 11) is 1.46. The van der Waals surface area contributed by atoms with E-state index in [0.29, 0.717) is 0 Å². The molecule has 2 heterocycles. The van der Waals surface area contributed by atoms with Crippen LogP contribution in [0.15, 0.2) is 22.8 Å². The van der Waals surface area contributed by atoms with Crippen LogP contribution in [0.4, 0.5) is 0 Å². The van der Waals surface area contributed by atoms with E-state index in [1.807, 2.05) is 0 Å². The molecule has 2 amide bonds. The largest absolute Gasteiger partial charge is 0.481 e. The molecule has 114 valence electrons. The van der Waals surface area contributed by atoms with Crippen LogP contribution in [0.2, 0.25) is 0 Å². The number of carboxylic acid groups (broad SMARTS) is 1. The van der Waals surface area contributed by atoms with Crippen molar-refractivity contribution >= 4 is 17.8 Å². The van der Waals surface area contributed by atoms with E-state index in [0.717, 1.165) is 0 Å². The average Bonchev–Trinajstić information content (AvgIpc) is 3.08. The lowest BCUT2D eigenvalue weighted by atomic mass is 10.0. The first kappa shape index (κ1) is 15.0. The minimum Gasteiger partial charge on any atom is -0.481 e. The zero-order chi connectivity index (χ0) is 15.4. The summed E-state index contributed by atoms with van der Waals surface area (Å²) in [6.45, 7) is 0.0301. The highest BCUT2D eigenvalue weighted by atomic mass is 16.5. The maximum atomic E-state index is 11.9. The normalized spacial score (nSPS) is 21.0. The number of rotatable bonds is 5. The van der Waals surface area contributed by atoms with E-state index in [2.05, 4.69) is 5.32 Å². The number of ether oxygens (including phenoxy) is 1. The predicted octanol–water partition coefficient (Wildman–Crippen LogP) is -0.433. The Morgan fingerprint density at radius 1 is 1.43 bits per heavy atom. The first-order valence-electron chi connectivity index (χ1n) is 6.38. The molecule has 0 aromatic carbocycles. The third-order valence-corrected chi connectivity index (χ3v) is 3.20. The smallest absolute Gasteiger partial charge is 0.311 e. The number of aliphatic carboxylic acids is 1. The van der Waals surface area contributed by atoms with Crippen LogP contribution >= 0.6 is 0 Å². The van der Waals surface area contributed by atoms with Crippen molar-refractivity contribution in [2.24, 2.45) is 5.92 Å². The van der Waals surface area contributed by atoms with Gasteiger partial charge in [0.25, 0.3) is 5.91 Å². The molecule has 0 spiro atoms. The molecule has 0 radical (unpaired) electrons. The monoisotopic (exact) mass is 296 g/mol. The number of nitrogens with one attached hydrogen (secondary N) is 1. The summed E-state index contributed by atoms with van der Waals surface area (Å²) in [5.41, 5.74) is 0. The second-order valence-electron chi connectivity index (χ2n) is 4.79. The van der Waals surface area contributed by atoms with Crippen molar-refractivity contribution in [2.75, 3.05) is 26.8 Å². The van der Waals surface area contributed by atoms with Crippen molar-refractivity contribution in [3.8, 4) is 0 Å². The minimum absolute atomic E-state index is 0.0709. The summed E-state index contributed by atoms with van der Waals surface area (Å²) < 4.78 is 10.0. The Morgan fingerprint density at radius 3 is 2.81 bits per heavy atom. The molecular formula is C13H16N2O6. The molecule has 1 aromatic rings. The molecule has 21 heavy (non-hydrogen) atoms. The Balaban J connectivity index is 1.87. The van der Waals surface area contributed by atoms with Crippen molar-refractivity contribution in [1.29, 1.82) is 0 Å². The van der Waals surface area contributed by atoms with Gasteiger partial charge in [0, 0.05) is 7.05 Å². The highest BCUT2D eigenvalue weighted by Gasteiger charge is 2.35. The molecule has 2 unspecified atom stereocenters. The number of carbonyl (C=O) groups is 3. The lowest BCUT2D eigenvalue weighted by Gasteiger charge is -2.19. The van der Waals surface area contributed by atoms with E-state index in [4.69, 9.17) is 14.3 Å². The molecule has 1 saturated heterocycles. The molecule has 0 bridgehead atoms. The van der Waals surface area contributed by atoms with Gasteiger partial charge in [-0.2, -0.15) is 0 Å². The molecular weight excluding hydrogens is 280 g/mol. The highest BCUT2D eigenvalue weighted by molar-refractivity contribution is 5.94. The molecule has 0 saturated carbocycles. The van der Waals surface area contributed by atoms with E-state index in [1.165, 1.54) is 24.3 Å². The fraction of sp³-hybridized carbons (Fsp3) is 0.462. The Labute approximate surface area is 120 Å². The maximum absolute atomic E-state index is 11.9. The molecule has 2 N–H and O–H groups in total. The van der Waals surface area contributed by atoms with Gasteiger partial charge in [-0.25, -0.2) is 0 Å². The Kier molecular flexibility index (Phi) is 4.59. The third-order valence-electron chi connectivity index (χ3n) is 3.20. The fourth-order valence-corrected chi connectivity index (χ4v) is 2.07. The zero-order valence-electron chi connectivity index (χ0n) is 11.4. The minimum atomic E-state index is -1.02. The van der Waals surface area contributed by atoms with Crippen molar-refractivity contribution in [3.63, 3.8) is 0 Å². The molecule has 2 rings (SSSR count). The Hall–Kier alpha value is -2.35. The number of likely N-dealkylation sites (N-methyl/N-ethyl adjacent to an activating group) is 1. The topological polar surface area (TPSA) is 109 Å². The maximum Gasteiger partial charge on any atom is 0.311 e. The summed E-state index contributed by atoms with van der Waals surface area (Å²) in [5.74, 6) is -2.51. The van der Waals surface area contributed by atoms with Crippen molar-refractivity contribution in [3.05, 3.63) is 24.2 Å². The van der Waals surface area contributed by atoms with Crippen LogP contribution in [0.3, 0.4) is 0 Å². The van der Waals surface area contributed by atoms with Gasteiger partial charge < -0.3 is 24.5 Å². The van der Waals surface area contributed by atoms with Gasteiger partial charge in [0.05, 0.1) is 32.1 Å². The molecule has 8 heteroatoms. The first-order chi connectivity index (χ1) is 9.99. The van der Waals surface area contributed by atoms with Gasteiger partial charge >= 0.3 is 5.97 Å². The van der Waals surface area contributed by atoms with Gasteiger partial charge in [0.1, 0.15) is 5.92 Å². The second-order valence-corrected chi connectivity index (χ2v) is 4.79. The summed E-state index contributed by atoms with van der Waals surface area (Å²) >= 11 is 0. The number of carboxylic acids is 1.